The summed E-state index contributed by atoms with van der Waals surface area (Å²) in [4.78, 5) is 16.7. The van der Waals surface area contributed by atoms with Gasteiger partial charge in [-0.3, -0.25) is 9.71 Å². The Labute approximate surface area is 233 Å². The number of sulfonamides is 1. The van der Waals surface area contributed by atoms with Crippen molar-refractivity contribution < 1.29 is 13.5 Å². The molecule has 0 radical (unpaired) electrons. The highest BCUT2D eigenvalue weighted by Crippen LogP contribution is 2.18. The molecular formula is C28H35N7O4S. The van der Waals surface area contributed by atoms with Crippen molar-refractivity contribution in [1.29, 1.82) is 0 Å². The molecule has 0 aliphatic carbocycles. The number of aliphatic hydroxyl groups excluding tert-OH is 1. The molecule has 3 N–H and O–H groups in total. The Kier molecular flexibility index (Phi) is 10.2. The van der Waals surface area contributed by atoms with Gasteiger partial charge in [-0.1, -0.05) is 44.4 Å². The number of aryl methyl sites for hydroxylation is 1. The van der Waals surface area contributed by atoms with Crippen LogP contribution in [0.5, 0.6) is 0 Å². The van der Waals surface area contributed by atoms with Crippen LogP contribution in [0.25, 0.3) is 5.69 Å². The average molecular weight is 566 g/mol. The standard InChI is InChI=1S/C28H35N7O4S/c1-2-3-4-5-19-34-28(37)35(33-32-34)25-12-14-26(15-13-25)40(38,39)31-24-10-8-22(9-11-24)16-18-30-21-27(36)23-7-6-17-29-20-23/h6-15,17,20,27,30-31,36H,2-5,16,18-19,21H2,1H3/t27-/m0/s1. The van der Waals surface area contributed by atoms with Crippen LogP contribution in [0.4, 0.5) is 5.69 Å². The first-order valence-corrected chi connectivity index (χ1v) is 14.9. The predicted molar refractivity (Wildman–Crippen MR) is 153 cm³/mol. The number of benzene rings is 2. The molecule has 0 fully saturated rings. The Bertz CT molecular complexity index is 1500. The number of hydrogen-bond donors (Lipinski definition) is 3. The summed E-state index contributed by atoms with van der Waals surface area (Å²) in [5.41, 5.74) is 2.31. The lowest BCUT2D eigenvalue weighted by atomic mass is 10.1. The quantitative estimate of drug-likeness (QED) is 0.187. The largest absolute Gasteiger partial charge is 0.387 e. The van der Waals surface area contributed by atoms with E-state index in [1.807, 2.05) is 18.2 Å². The first-order valence-electron chi connectivity index (χ1n) is 13.4. The second kappa shape index (κ2) is 14.0. The van der Waals surface area contributed by atoms with Gasteiger partial charge in [0, 0.05) is 36.7 Å². The van der Waals surface area contributed by atoms with Crippen LogP contribution >= 0.6 is 0 Å². The van der Waals surface area contributed by atoms with Crippen molar-refractivity contribution in [3.63, 3.8) is 0 Å². The summed E-state index contributed by atoms with van der Waals surface area (Å²) in [6.45, 7) is 3.69. The molecule has 0 amide bonds. The lowest BCUT2D eigenvalue weighted by Gasteiger charge is -2.12. The molecule has 0 bridgehead atoms. The zero-order chi connectivity index (χ0) is 28.4. The van der Waals surface area contributed by atoms with Gasteiger partial charge in [-0.05, 0) is 77.8 Å². The van der Waals surface area contributed by atoms with Gasteiger partial charge in [-0.15, -0.1) is 0 Å². The number of aromatic nitrogens is 5. The highest BCUT2D eigenvalue weighted by molar-refractivity contribution is 7.92. The minimum Gasteiger partial charge on any atom is -0.387 e. The van der Waals surface area contributed by atoms with Crippen molar-refractivity contribution in [3.8, 4) is 5.69 Å². The van der Waals surface area contributed by atoms with E-state index in [1.165, 1.54) is 28.9 Å². The van der Waals surface area contributed by atoms with Gasteiger partial charge < -0.3 is 10.4 Å². The van der Waals surface area contributed by atoms with Crippen LogP contribution in [0.3, 0.4) is 0 Å². The van der Waals surface area contributed by atoms with E-state index in [0.717, 1.165) is 47.9 Å². The second-order valence-electron chi connectivity index (χ2n) is 9.51. The van der Waals surface area contributed by atoms with E-state index in [-0.39, 0.29) is 10.6 Å². The normalized spacial score (nSPS) is 12.3. The molecule has 212 valence electrons. The maximum Gasteiger partial charge on any atom is 0.368 e. The summed E-state index contributed by atoms with van der Waals surface area (Å²) in [7, 11) is -3.83. The van der Waals surface area contributed by atoms with Crippen molar-refractivity contribution in [3.05, 3.63) is 94.7 Å². The summed E-state index contributed by atoms with van der Waals surface area (Å²) < 4.78 is 30.9. The van der Waals surface area contributed by atoms with Gasteiger partial charge in [-0.25, -0.2) is 13.2 Å². The van der Waals surface area contributed by atoms with Gasteiger partial charge in [0.25, 0.3) is 10.0 Å². The molecule has 1 atom stereocenters. The lowest BCUT2D eigenvalue weighted by molar-refractivity contribution is 0.174. The third-order valence-electron chi connectivity index (χ3n) is 6.46. The number of anilines is 1. The highest BCUT2D eigenvalue weighted by atomic mass is 32.2. The van der Waals surface area contributed by atoms with Crippen LogP contribution in [0.1, 0.15) is 49.8 Å². The zero-order valence-electron chi connectivity index (χ0n) is 22.5. The Morgan fingerprint density at radius 2 is 1.75 bits per heavy atom. The number of unbranched alkanes of at least 4 members (excludes halogenated alkanes) is 3. The minimum atomic E-state index is -3.83. The summed E-state index contributed by atoms with van der Waals surface area (Å²) in [5.74, 6) is 0. The molecule has 12 heteroatoms. The zero-order valence-corrected chi connectivity index (χ0v) is 23.3. The van der Waals surface area contributed by atoms with Crippen LogP contribution in [-0.4, -0.2) is 51.4 Å². The van der Waals surface area contributed by atoms with Gasteiger partial charge in [0.05, 0.1) is 16.7 Å². The Morgan fingerprint density at radius 3 is 2.45 bits per heavy atom. The topological polar surface area (TPSA) is 144 Å². The highest BCUT2D eigenvalue weighted by Gasteiger charge is 2.16. The lowest BCUT2D eigenvalue weighted by Crippen LogP contribution is -2.24. The third-order valence-corrected chi connectivity index (χ3v) is 7.86. The summed E-state index contributed by atoms with van der Waals surface area (Å²) in [6, 6.07) is 16.7. The summed E-state index contributed by atoms with van der Waals surface area (Å²) >= 11 is 0. The van der Waals surface area contributed by atoms with E-state index in [9.17, 15) is 18.3 Å². The van der Waals surface area contributed by atoms with Gasteiger partial charge >= 0.3 is 5.69 Å². The molecule has 11 nitrogen and oxygen atoms in total. The maximum absolute atomic E-state index is 12.9. The van der Waals surface area contributed by atoms with Crippen molar-refractivity contribution in [2.24, 2.45) is 0 Å². The molecular weight excluding hydrogens is 530 g/mol. The van der Waals surface area contributed by atoms with E-state index in [0.29, 0.717) is 31.0 Å². The molecule has 0 unspecified atom stereocenters. The van der Waals surface area contributed by atoms with Gasteiger partial charge in [0.2, 0.25) is 0 Å². The van der Waals surface area contributed by atoms with Crippen LogP contribution in [0, 0.1) is 0 Å². The fourth-order valence-corrected chi connectivity index (χ4v) is 5.21. The van der Waals surface area contributed by atoms with Crippen LogP contribution in [-0.2, 0) is 23.0 Å². The second-order valence-corrected chi connectivity index (χ2v) is 11.2. The average Bonchev–Trinajstić information content (AvgIpc) is 3.34. The van der Waals surface area contributed by atoms with Crippen LogP contribution in [0.15, 0.2) is 82.7 Å². The molecule has 2 heterocycles. The molecule has 0 saturated carbocycles. The summed E-state index contributed by atoms with van der Waals surface area (Å²) in [6.07, 6.45) is 7.48. The van der Waals surface area contributed by atoms with Crippen molar-refractivity contribution in [2.45, 2.75) is 56.6 Å². The van der Waals surface area contributed by atoms with E-state index in [4.69, 9.17) is 0 Å². The number of nitrogens with zero attached hydrogens (tertiary/aromatic N) is 5. The number of pyridine rings is 1. The number of nitrogens with one attached hydrogen (secondary N) is 2. The Morgan fingerprint density at radius 1 is 0.975 bits per heavy atom. The fourth-order valence-electron chi connectivity index (χ4n) is 4.15. The molecule has 40 heavy (non-hydrogen) atoms. The molecule has 2 aromatic carbocycles. The maximum atomic E-state index is 12.9. The van der Waals surface area contributed by atoms with E-state index < -0.39 is 16.1 Å². The number of aliphatic hydroxyl groups is 1. The minimum absolute atomic E-state index is 0.0664. The van der Waals surface area contributed by atoms with Gasteiger partial charge in [0.15, 0.2) is 0 Å². The van der Waals surface area contributed by atoms with Gasteiger partial charge in [0.1, 0.15) is 0 Å². The van der Waals surface area contributed by atoms with Crippen molar-refractivity contribution in [2.75, 3.05) is 17.8 Å². The number of hydrogen-bond acceptors (Lipinski definition) is 8. The molecule has 0 aliphatic rings. The van der Waals surface area contributed by atoms with Gasteiger partial charge in [-0.2, -0.15) is 9.36 Å². The molecule has 4 rings (SSSR count). The van der Waals surface area contributed by atoms with Crippen LogP contribution < -0.4 is 15.7 Å². The predicted octanol–water partition coefficient (Wildman–Crippen LogP) is 3.07. The molecule has 2 aromatic heterocycles. The third kappa shape index (κ3) is 7.84. The first-order chi connectivity index (χ1) is 19.4. The Hall–Kier alpha value is -3.87. The SMILES string of the molecule is CCCCCCn1nnn(-c2ccc(S(=O)(=O)Nc3ccc(CCNC[C@H](O)c4cccnc4)cc3)cc2)c1=O. The first kappa shape index (κ1) is 29.1. The fraction of sp³-hybridized carbons (Fsp3) is 0.357. The molecule has 0 aliphatic heterocycles. The monoisotopic (exact) mass is 565 g/mol. The van der Waals surface area contributed by atoms with E-state index in [2.05, 4.69) is 32.4 Å². The Balaban J connectivity index is 1.29. The molecule has 4 aromatic rings. The van der Waals surface area contributed by atoms with Crippen molar-refractivity contribution >= 4 is 15.7 Å². The number of rotatable bonds is 15. The van der Waals surface area contributed by atoms with Crippen LogP contribution in [0.2, 0.25) is 0 Å². The molecule has 0 spiro atoms. The summed E-state index contributed by atoms with van der Waals surface area (Å²) in [5, 5.41) is 21.3. The number of tetrazole rings is 1. The van der Waals surface area contributed by atoms with E-state index in [1.54, 1.807) is 30.6 Å². The smallest absolute Gasteiger partial charge is 0.368 e. The van der Waals surface area contributed by atoms with E-state index >= 15 is 0 Å². The molecule has 0 saturated heterocycles. The van der Waals surface area contributed by atoms with Crippen molar-refractivity contribution in [1.82, 2.24) is 30.1 Å².